The maximum Gasteiger partial charge on any atom is 0.251 e. The van der Waals surface area contributed by atoms with Gasteiger partial charge in [0.25, 0.3) is 5.91 Å². The van der Waals surface area contributed by atoms with Gasteiger partial charge in [-0.25, -0.2) is 4.39 Å². The Balaban J connectivity index is 0.00000729. The summed E-state index contributed by atoms with van der Waals surface area (Å²) in [6, 6.07) is 4.46. The number of aryl methyl sites for hydroxylation is 1. The Labute approximate surface area is 183 Å². The highest BCUT2D eigenvalue weighted by atomic mass is 127. The Kier molecular flexibility index (Phi) is 15.6. The van der Waals surface area contributed by atoms with Crippen LogP contribution in [0.3, 0.4) is 0 Å². The third-order valence-corrected chi connectivity index (χ3v) is 3.63. The van der Waals surface area contributed by atoms with E-state index in [1.165, 1.54) is 6.07 Å². The molecule has 0 saturated heterocycles. The molecule has 1 amide bonds. The molecule has 0 fully saturated rings. The van der Waals surface area contributed by atoms with Crippen LogP contribution in [0.1, 0.15) is 29.3 Å². The van der Waals surface area contributed by atoms with Gasteiger partial charge in [0.2, 0.25) is 0 Å². The molecule has 0 atom stereocenters. The van der Waals surface area contributed by atoms with Crippen LogP contribution in [0.4, 0.5) is 4.39 Å². The van der Waals surface area contributed by atoms with E-state index >= 15 is 0 Å². The second-order valence-electron chi connectivity index (χ2n) is 5.87. The average molecular weight is 510 g/mol. The SMILES string of the molecule is CCNC(=NCCCOCCOC)NCCNC(=O)c1ccc(C)c(F)c1.I. The Hall–Kier alpha value is -1.46. The van der Waals surface area contributed by atoms with E-state index in [2.05, 4.69) is 20.9 Å². The van der Waals surface area contributed by atoms with Crippen LogP contribution in [0.15, 0.2) is 23.2 Å². The topological polar surface area (TPSA) is 84.0 Å². The van der Waals surface area contributed by atoms with E-state index in [0.717, 1.165) is 13.0 Å². The molecule has 9 heteroatoms. The molecule has 0 spiro atoms. The molecule has 0 saturated carbocycles. The van der Waals surface area contributed by atoms with E-state index in [0.29, 0.717) is 56.5 Å². The van der Waals surface area contributed by atoms with Gasteiger partial charge in [-0.05, 0) is 38.0 Å². The summed E-state index contributed by atoms with van der Waals surface area (Å²) < 4.78 is 23.8. The molecule has 0 bridgehead atoms. The number of carbonyl (C=O) groups excluding carboxylic acids is 1. The zero-order valence-electron chi connectivity index (χ0n) is 16.8. The lowest BCUT2D eigenvalue weighted by Crippen LogP contribution is -2.41. The third kappa shape index (κ3) is 11.4. The van der Waals surface area contributed by atoms with Gasteiger partial charge in [0, 0.05) is 45.5 Å². The lowest BCUT2D eigenvalue weighted by Gasteiger charge is -2.12. The van der Waals surface area contributed by atoms with Crippen LogP contribution in [0.5, 0.6) is 0 Å². The van der Waals surface area contributed by atoms with E-state index in [1.807, 2.05) is 6.92 Å². The van der Waals surface area contributed by atoms with Crippen molar-refractivity contribution < 1.29 is 18.7 Å². The summed E-state index contributed by atoms with van der Waals surface area (Å²) in [7, 11) is 1.64. The van der Waals surface area contributed by atoms with Crippen molar-refractivity contribution in [3.05, 3.63) is 35.1 Å². The van der Waals surface area contributed by atoms with E-state index in [4.69, 9.17) is 9.47 Å². The molecule has 0 aliphatic heterocycles. The number of nitrogens with one attached hydrogen (secondary N) is 3. The minimum Gasteiger partial charge on any atom is -0.382 e. The molecule has 1 aromatic carbocycles. The highest BCUT2D eigenvalue weighted by Gasteiger charge is 2.07. The number of guanidine groups is 1. The van der Waals surface area contributed by atoms with Gasteiger partial charge in [0.1, 0.15) is 5.82 Å². The lowest BCUT2D eigenvalue weighted by atomic mass is 10.1. The average Bonchev–Trinajstić information content (AvgIpc) is 2.66. The van der Waals surface area contributed by atoms with Gasteiger partial charge in [-0.3, -0.25) is 9.79 Å². The van der Waals surface area contributed by atoms with Crippen molar-refractivity contribution in [2.24, 2.45) is 4.99 Å². The quantitative estimate of drug-likeness (QED) is 0.174. The molecule has 7 nitrogen and oxygen atoms in total. The van der Waals surface area contributed by atoms with Crippen molar-refractivity contribution in [3.63, 3.8) is 0 Å². The fourth-order valence-corrected chi connectivity index (χ4v) is 2.14. The maximum atomic E-state index is 13.5. The van der Waals surface area contributed by atoms with Crippen LogP contribution in [0.2, 0.25) is 0 Å². The summed E-state index contributed by atoms with van der Waals surface area (Å²) in [4.78, 5) is 16.5. The first-order valence-electron chi connectivity index (χ1n) is 9.21. The van der Waals surface area contributed by atoms with E-state index < -0.39 is 0 Å². The van der Waals surface area contributed by atoms with E-state index in [-0.39, 0.29) is 35.7 Å². The fraction of sp³-hybridized carbons (Fsp3) is 0.579. The smallest absolute Gasteiger partial charge is 0.251 e. The Morgan fingerprint density at radius 3 is 2.57 bits per heavy atom. The molecule has 0 aliphatic carbocycles. The predicted molar refractivity (Wildman–Crippen MR) is 120 cm³/mol. The van der Waals surface area contributed by atoms with Crippen molar-refractivity contribution in [2.75, 3.05) is 53.1 Å². The van der Waals surface area contributed by atoms with Gasteiger partial charge >= 0.3 is 0 Å². The van der Waals surface area contributed by atoms with Gasteiger partial charge in [-0.15, -0.1) is 24.0 Å². The van der Waals surface area contributed by atoms with Gasteiger partial charge in [-0.2, -0.15) is 0 Å². The molecule has 3 N–H and O–H groups in total. The first-order valence-corrected chi connectivity index (χ1v) is 9.21. The molecule has 0 radical (unpaired) electrons. The molecule has 28 heavy (non-hydrogen) atoms. The number of nitrogens with zero attached hydrogens (tertiary/aromatic N) is 1. The first kappa shape index (κ1) is 26.5. The summed E-state index contributed by atoms with van der Waals surface area (Å²) >= 11 is 0. The number of amides is 1. The van der Waals surface area contributed by atoms with Crippen LogP contribution in [0, 0.1) is 12.7 Å². The van der Waals surface area contributed by atoms with Crippen molar-refractivity contribution >= 4 is 35.8 Å². The summed E-state index contributed by atoms with van der Waals surface area (Å²) in [6.07, 6.45) is 0.815. The Bertz CT molecular complexity index is 603. The van der Waals surface area contributed by atoms with Crippen LogP contribution in [0.25, 0.3) is 0 Å². The molecule has 0 aliphatic rings. The minimum absolute atomic E-state index is 0. The normalized spacial score (nSPS) is 10.9. The van der Waals surface area contributed by atoms with Crippen molar-refractivity contribution in [2.45, 2.75) is 20.3 Å². The van der Waals surface area contributed by atoms with Crippen LogP contribution in [-0.2, 0) is 9.47 Å². The first-order chi connectivity index (χ1) is 13.1. The maximum absolute atomic E-state index is 13.5. The number of halogens is 2. The lowest BCUT2D eigenvalue weighted by molar-refractivity contribution is 0.0702. The summed E-state index contributed by atoms with van der Waals surface area (Å²) in [6.45, 7) is 7.75. The van der Waals surface area contributed by atoms with Crippen molar-refractivity contribution in [3.8, 4) is 0 Å². The number of benzene rings is 1. The molecular weight excluding hydrogens is 478 g/mol. The summed E-state index contributed by atoms with van der Waals surface area (Å²) in [5.41, 5.74) is 0.830. The number of hydrogen-bond donors (Lipinski definition) is 3. The van der Waals surface area contributed by atoms with Crippen molar-refractivity contribution in [1.29, 1.82) is 0 Å². The second-order valence-corrected chi connectivity index (χ2v) is 5.87. The van der Waals surface area contributed by atoms with Crippen LogP contribution < -0.4 is 16.0 Å². The highest BCUT2D eigenvalue weighted by molar-refractivity contribution is 14.0. The van der Waals surface area contributed by atoms with E-state index in [1.54, 1.807) is 26.2 Å². The zero-order chi connectivity index (χ0) is 19.9. The molecule has 0 heterocycles. The number of carbonyl (C=O) groups is 1. The molecule has 0 aromatic heterocycles. The summed E-state index contributed by atoms with van der Waals surface area (Å²) in [5, 5.41) is 9.05. The van der Waals surface area contributed by atoms with Crippen molar-refractivity contribution in [1.82, 2.24) is 16.0 Å². The predicted octanol–water partition coefficient (Wildman–Crippen LogP) is 2.09. The summed E-state index contributed by atoms with van der Waals surface area (Å²) in [5.74, 6) is 0.00408. The molecular formula is C19H32FIN4O3. The van der Waals surface area contributed by atoms with Gasteiger partial charge in [-0.1, -0.05) is 6.07 Å². The standard InChI is InChI=1S/C19H31FN4O3.HI/c1-4-21-19(23-8-5-11-27-13-12-26-3)24-10-9-22-18(25)16-7-6-15(2)17(20)14-16;/h6-7,14H,4-5,8-13H2,1-3H3,(H,22,25)(H2,21,23,24);1H. The number of rotatable bonds is 12. The Morgan fingerprint density at radius 1 is 1.14 bits per heavy atom. The van der Waals surface area contributed by atoms with Gasteiger partial charge in [0.15, 0.2) is 5.96 Å². The fourth-order valence-electron chi connectivity index (χ4n) is 2.14. The number of aliphatic imine (C=N–C) groups is 1. The second kappa shape index (κ2) is 16.5. The zero-order valence-corrected chi connectivity index (χ0v) is 19.2. The van der Waals surface area contributed by atoms with Gasteiger partial charge in [0.05, 0.1) is 13.2 Å². The van der Waals surface area contributed by atoms with Gasteiger partial charge < -0.3 is 25.4 Å². The van der Waals surface area contributed by atoms with E-state index in [9.17, 15) is 9.18 Å². The highest BCUT2D eigenvalue weighted by Crippen LogP contribution is 2.08. The molecule has 0 unspecified atom stereocenters. The van der Waals surface area contributed by atoms with Crippen LogP contribution in [-0.4, -0.2) is 65.0 Å². The minimum atomic E-state index is -0.381. The largest absolute Gasteiger partial charge is 0.382 e. The number of ether oxygens (including phenoxy) is 2. The molecule has 1 aromatic rings. The Morgan fingerprint density at radius 2 is 1.89 bits per heavy atom. The third-order valence-electron chi connectivity index (χ3n) is 3.63. The molecule has 160 valence electrons. The monoisotopic (exact) mass is 510 g/mol. The number of methoxy groups -OCH3 is 1. The van der Waals surface area contributed by atoms with Crippen LogP contribution >= 0.6 is 24.0 Å². The molecule has 1 rings (SSSR count). The number of hydrogen-bond acceptors (Lipinski definition) is 4.